The normalized spacial score (nSPS) is 11.4. The smallest absolute Gasteiger partial charge is 0.148 e. The number of unbranched alkanes of at least 4 members (excludes halogenated alkanes) is 11. The fraction of sp³-hybridized carbons (Fsp3) is 0.552. The minimum Gasteiger partial charge on any atom is -0.487 e. The van der Waals surface area contributed by atoms with E-state index in [4.69, 9.17) is 4.74 Å². The molecule has 0 atom stereocenters. The molecule has 2 aromatic carbocycles. The van der Waals surface area contributed by atoms with E-state index in [-0.39, 0.29) is 0 Å². The van der Waals surface area contributed by atoms with Gasteiger partial charge in [-0.1, -0.05) is 107 Å². The first-order valence-corrected chi connectivity index (χ1v) is 14.4. The third kappa shape index (κ3) is 12.2. The Morgan fingerprint density at radius 1 is 0.758 bits per heavy atom. The lowest BCUT2D eigenvalue weighted by Crippen LogP contribution is -1.98. The Hall–Kier alpha value is -1.13. The Balaban J connectivity index is 1.59. The van der Waals surface area contributed by atoms with E-state index in [0.717, 1.165) is 32.4 Å². The summed E-state index contributed by atoms with van der Waals surface area (Å²) in [6.45, 7) is 5.82. The average Bonchev–Trinajstić information content (AvgIpc) is 2.80. The lowest BCUT2D eigenvalue weighted by Gasteiger charge is -2.11. The van der Waals surface area contributed by atoms with Gasteiger partial charge in [0.15, 0.2) is 0 Å². The second-order valence-electron chi connectivity index (χ2n) is 9.01. The molecule has 0 spiro atoms. The van der Waals surface area contributed by atoms with Gasteiger partial charge < -0.3 is 4.74 Å². The van der Waals surface area contributed by atoms with E-state index in [1.54, 1.807) is 0 Å². The van der Waals surface area contributed by atoms with Crippen molar-refractivity contribution in [2.24, 2.45) is 4.99 Å². The van der Waals surface area contributed by atoms with Crippen LogP contribution < -0.4 is 4.74 Å². The van der Waals surface area contributed by atoms with Crippen molar-refractivity contribution in [1.82, 2.24) is 0 Å². The first-order chi connectivity index (χ1) is 16.1. The molecule has 2 rings (SSSR count). The van der Waals surface area contributed by atoms with Gasteiger partial charge in [-0.3, -0.25) is 4.99 Å². The number of aliphatic imine (C=N–C) groups is 1. The largest absolute Gasteiger partial charge is 0.487 e. The monoisotopic (exact) mass is 577 g/mol. The first-order valence-electron chi connectivity index (χ1n) is 12.8. The van der Waals surface area contributed by atoms with Crippen LogP contribution in [0.2, 0.25) is 0 Å². The van der Waals surface area contributed by atoms with Gasteiger partial charge in [-0.05, 0) is 68.5 Å². The fourth-order valence-corrected chi connectivity index (χ4v) is 5.30. The van der Waals surface area contributed by atoms with Crippen LogP contribution in [0, 0.1) is 6.92 Å². The lowest BCUT2D eigenvalue weighted by molar-refractivity contribution is 0.302. The summed E-state index contributed by atoms with van der Waals surface area (Å²) in [7, 11) is 0. The fourth-order valence-electron chi connectivity index (χ4n) is 3.85. The van der Waals surface area contributed by atoms with E-state index >= 15 is 0 Å². The van der Waals surface area contributed by atoms with Crippen LogP contribution in [0.1, 0.15) is 101 Å². The quantitative estimate of drug-likeness (QED) is 0.135. The predicted molar refractivity (Wildman–Crippen MR) is 151 cm³/mol. The maximum atomic E-state index is 6.04. The minimum atomic E-state index is 0.546. The minimum absolute atomic E-state index is 0.546. The van der Waals surface area contributed by atoms with Gasteiger partial charge in [0.25, 0.3) is 0 Å². The number of hydrogen-bond donors (Lipinski definition) is 0. The molecule has 0 bridgehead atoms. The van der Waals surface area contributed by atoms with Gasteiger partial charge in [-0.25, -0.2) is 0 Å². The Bertz CT molecular complexity index is 794. The Morgan fingerprint density at radius 2 is 1.27 bits per heavy atom. The van der Waals surface area contributed by atoms with Crippen LogP contribution in [-0.2, 0) is 6.61 Å². The Morgan fingerprint density at radius 3 is 1.82 bits per heavy atom. The van der Waals surface area contributed by atoms with Crippen LogP contribution in [0.25, 0.3) is 0 Å². The standard InChI is InChI=1S/C29H41Br2NO/c1-3-4-5-6-7-8-9-10-11-12-13-14-19-32-22-26-20-27(30)29(28(31)21-26)33-23-25-17-15-24(2)16-18-25/h15-18,20-22H,3-14,19,23H2,1-2H3. The zero-order chi connectivity index (χ0) is 23.7. The molecule has 0 saturated carbocycles. The maximum Gasteiger partial charge on any atom is 0.148 e. The average molecular weight is 579 g/mol. The highest BCUT2D eigenvalue weighted by Gasteiger charge is 2.09. The Labute approximate surface area is 218 Å². The van der Waals surface area contributed by atoms with E-state index in [2.05, 4.69) is 87.1 Å². The molecule has 0 heterocycles. The van der Waals surface area contributed by atoms with Crippen molar-refractivity contribution in [2.45, 2.75) is 97.5 Å². The number of hydrogen-bond acceptors (Lipinski definition) is 2. The van der Waals surface area contributed by atoms with Gasteiger partial charge in [0.1, 0.15) is 12.4 Å². The van der Waals surface area contributed by atoms with E-state index < -0.39 is 0 Å². The van der Waals surface area contributed by atoms with E-state index in [0.29, 0.717) is 6.61 Å². The molecule has 33 heavy (non-hydrogen) atoms. The topological polar surface area (TPSA) is 21.6 Å². The number of ether oxygens (including phenoxy) is 1. The van der Waals surface area contributed by atoms with Crippen molar-refractivity contribution in [3.63, 3.8) is 0 Å². The van der Waals surface area contributed by atoms with Gasteiger partial charge in [-0.15, -0.1) is 0 Å². The molecule has 0 radical (unpaired) electrons. The highest BCUT2D eigenvalue weighted by atomic mass is 79.9. The summed E-state index contributed by atoms with van der Waals surface area (Å²) in [6, 6.07) is 12.6. The number of nitrogens with zero attached hydrogens (tertiary/aromatic N) is 1. The second-order valence-corrected chi connectivity index (χ2v) is 10.7. The summed E-state index contributed by atoms with van der Waals surface area (Å²) in [4.78, 5) is 4.63. The molecule has 4 heteroatoms. The summed E-state index contributed by atoms with van der Waals surface area (Å²) < 4.78 is 7.92. The van der Waals surface area contributed by atoms with E-state index in [1.165, 1.54) is 82.6 Å². The molecule has 0 unspecified atom stereocenters. The predicted octanol–water partition coefficient (Wildman–Crippen LogP) is 10.2. The Kier molecular flexibility index (Phi) is 14.8. The van der Waals surface area contributed by atoms with Gasteiger partial charge in [0.2, 0.25) is 0 Å². The zero-order valence-electron chi connectivity index (χ0n) is 20.6. The molecule has 0 N–H and O–H groups in total. The van der Waals surface area contributed by atoms with E-state index in [9.17, 15) is 0 Å². The van der Waals surface area contributed by atoms with Crippen LogP contribution in [0.15, 0.2) is 50.3 Å². The number of aryl methyl sites for hydroxylation is 1. The highest BCUT2D eigenvalue weighted by Crippen LogP contribution is 2.35. The van der Waals surface area contributed by atoms with Crippen molar-refractivity contribution in [2.75, 3.05) is 6.54 Å². The molecular weight excluding hydrogens is 538 g/mol. The van der Waals surface area contributed by atoms with Crippen molar-refractivity contribution in [3.05, 3.63) is 62.0 Å². The van der Waals surface area contributed by atoms with Gasteiger partial charge in [0.05, 0.1) is 8.95 Å². The number of benzene rings is 2. The molecule has 2 aromatic rings. The number of rotatable bonds is 17. The molecule has 0 aliphatic heterocycles. The van der Waals surface area contributed by atoms with Crippen molar-refractivity contribution < 1.29 is 4.74 Å². The molecule has 0 aliphatic rings. The second kappa shape index (κ2) is 17.3. The van der Waals surface area contributed by atoms with Crippen LogP contribution in [0.3, 0.4) is 0 Å². The van der Waals surface area contributed by atoms with Gasteiger partial charge >= 0.3 is 0 Å². The molecule has 0 aromatic heterocycles. The summed E-state index contributed by atoms with van der Waals surface area (Å²) in [6.07, 6.45) is 18.4. The zero-order valence-corrected chi connectivity index (χ0v) is 23.7. The maximum absolute atomic E-state index is 6.04. The van der Waals surface area contributed by atoms with Crippen molar-refractivity contribution in [1.29, 1.82) is 0 Å². The molecule has 0 aliphatic carbocycles. The lowest BCUT2D eigenvalue weighted by atomic mass is 10.1. The van der Waals surface area contributed by atoms with Crippen LogP contribution in [-0.4, -0.2) is 12.8 Å². The van der Waals surface area contributed by atoms with Crippen LogP contribution in [0.4, 0.5) is 0 Å². The molecule has 182 valence electrons. The molecule has 0 saturated heterocycles. The number of halogens is 2. The summed E-state index contributed by atoms with van der Waals surface area (Å²) >= 11 is 7.30. The summed E-state index contributed by atoms with van der Waals surface area (Å²) in [5, 5.41) is 0. The third-order valence-corrected chi connectivity index (χ3v) is 7.08. The molecule has 2 nitrogen and oxygen atoms in total. The molecular formula is C29H41Br2NO. The molecule has 0 fully saturated rings. The summed E-state index contributed by atoms with van der Waals surface area (Å²) in [5.74, 6) is 0.827. The van der Waals surface area contributed by atoms with Crippen molar-refractivity contribution >= 4 is 38.1 Å². The van der Waals surface area contributed by atoms with E-state index in [1.807, 2.05) is 6.21 Å². The van der Waals surface area contributed by atoms with Gasteiger partial charge in [-0.2, -0.15) is 0 Å². The summed E-state index contributed by atoms with van der Waals surface area (Å²) in [5.41, 5.74) is 3.50. The van der Waals surface area contributed by atoms with Crippen LogP contribution in [0.5, 0.6) is 5.75 Å². The first kappa shape index (κ1) is 28.1. The highest BCUT2D eigenvalue weighted by molar-refractivity contribution is 9.11. The van der Waals surface area contributed by atoms with Crippen molar-refractivity contribution in [3.8, 4) is 5.75 Å². The SMILES string of the molecule is CCCCCCCCCCCCCCN=Cc1cc(Br)c(OCc2ccc(C)cc2)c(Br)c1. The van der Waals surface area contributed by atoms with Gasteiger partial charge in [0, 0.05) is 12.8 Å². The van der Waals surface area contributed by atoms with Crippen LogP contribution >= 0.6 is 31.9 Å². The third-order valence-electron chi connectivity index (χ3n) is 5.91. The molecule has 0 amide bonds.